The number of carbonyl (C=O) groups excluding carboxylic acids is 1. The lowest BCUT2D eigenvalue weighted by Gasteiger charge is -2.19. The van der Waals surface area contributed by atoms with Gasteiger partial charge in [-0.05, 0) is 44.0 Å². The fraction of sp³-hybridized carbons (Fsp3) is 0.400. The Balaban J connectivity index is 2.30. The highest BCUT2D eigenvalue weighted by molar-refractivity contribution is 5.96. The van der Waals surface area contributed by atoms with Gasteiger partial charge in [0.2, 0.25) is 0 Å². The van der Waals surface area contributed by atoms with E-state index in [2.05, 4.69) is 0 Å². The quantitative estimate of drug-likeness (QED) is 0.620. The summed E-state index contributed by atoms with van der Waals surface area (Å²) >= 11 is 0. The van der Waals surface area contributed by atoms with Crippen LogP contribution in [-0.4, -0.2) is 25.8 Å². The summed E-state index contributed by atoms with van der Waals surface area (Å²) in [5, 5.41) is 0. The highest BCUT2D eigenvalue weighted by Crippen LogP contribution is 2.33. The third-order valence-corrected chi connectivity index (χ3v) is 3.12. The van der Waals surface area contributed by atoms with Gasteiger partial charge in [0, 0.05) is 5.57 Å². The highest BCUT2D eigenvalue weighted by Gasteiger charge is 2.15. The predicted octanol–water partition coefficient (Wildman–Crippen LogP) is 2.81. The average Bonchev–Trinajstić information content (AvgIpc) is 2.45. The zero-order valence-corrected chi connectivity index (χ0v) is 11.5. The smallest absolute Gasteiger partial charge is 0.333 e. The summed E-state index contributed by atoms with van der Waals surface area (Å²) in [6.45, 7) is 6.97. The minimum absolute atomic E-state index is 0.283. The van der Waals surface area contributed by atoms with Gasteiger partial charge in [0.1, 0.15) is 13.2 Å². The third kappa shape index (κ3) is 2.89. The molecule has 1 aliphatic rings. The van der Waals surface area contributed by atoms with Gasteiger partial charge in [0.15, 0.2) is 11.5 Å². The fourth-order valence-electron chi connectivity index (χ4n) is 1.89. The third-order valence-electron chi connectivity index (χ3n) is 3.12. The van der Waals surface area contributed by atoms with Crippen LogP contribution < -0.4 is 9.47 Å². The maximum Gasteiger partial charge on any atom is 0.333 e. The van der Waals surface area contributed by atoms with Gasteiger partial charge in [-0.2, -0.15) is 0 Å². The summed E-state index contributed by atoms with van der Waals surface area (Å²) < 4.78 is 16.0. The normalized spacial score (nSPS) is 14.7. The molecule has 4 heteroatoms. The van der Waals surface area contributed by atoms with Crippen LogP contribution in [0.15, 0.2) is 23.8 Å². The van der Waals surface area contributed by atoms with Gasteiger partial charge in [0.25, 0.3) is 0 Å². The van der Waals surface area contributed by atoms with E-state index in [-0.39, 0.29) is 5.97 Å². The van der Waals surface area contributed by atoms with Gasteiger partial charge in [0.05, 0.1) is 6.61 Å². The largest absolute Gasteiger partial charge is 0.486 e. The Kier molecular flexibility index (Phi) is 4.10. The van der Waals surface area contributed by atoms with Gasteiger partial charge in [-0.15, -0.1) is 0 Å². The van der Waals surface area contributed by atoms with Crippen molar-refractivity contribution in [2.75, 3.05) is 19.8 Å². The SMILES string of the molecule is CCOC(=O)/C(C)=C(/C)c1ccc2c(c1)OCCO2. The number of rotatable bonds is 3. The first kappa shape index (κ1) is 13.5. The van der Waals surface area contributed by atoms with Crippen LogP contribution in [0.1, 0.15) is 26.3 Å². The molecule has 4 nitrogen and oxygen atoms in total. The summed E-state index contributed by atoms with van der Waals surface area (Å²) in [7, 11) is 0. The molecule has 1 aromatic rings. The standard InChI is InChI=1S/C15H18O4/c1-4-17-15(16)11(3)10(2)12-5-6-13-14(9-12)19-8-7-18-13/h5-6,9H,4,7-8H2,1-3H3/b11-10-. The molecular weight excluding hydrogens is 244 g/mol. The second-order valence-corrected chi connectivity index (χ2v) is 4.33. The lowest BCUT2D eigenvalue weighted by molar-refractivity contribution is -0.138. The van der Waals surface area contributed by atoms with Crippen LogP contribution >= 0.6 is 0 Å². The molecule has 0 bridgehead atoms. The van der Waals surface area contributed by atoms with E-state index in [1.54, 1.807) is 13.8 Å². The molecule has 19 heavy (non-hydrogen) atoms. The summed E-state index contributed by atoms with van der Waals surface area (Å²) in [5.74, 6) is 1.19. The van der Waals surface area contributed by atoms with Crippen LogP contribution in [-0.2, 0) is 9.53 Å². The number of ether oxygens (including phenoxy) is 3. The summed E-state index contributed by atoms with van der Waals surface area (Å²) in [5.41, 5.74) is 2.43. The zero-order chi connectivity index (χ0) is 13.8. The van der Waals surface area contributed by atoms with E-state index in [9.17, 15) is 4.79 Å². The number of hydrogen-bond acceptors (Lipinski definition) is 4. The molecule has 102 valence electrons. The number of allylic oxidation sites excluding steroid dienone is 1. The van der Waals surface area contributed by atoms with Crippen molar-refractivity contribution in [1.82, 2.24) is 0 Å². The number of esters is 1. The van der Waals surface area contributed by atoms with Gasteiger partial charge in [-0.1, -0.05) is 6.07 Å². The Morgan fingerprint density at radius 1 is 1.21 bits per heavy atom. The fourth-order valence-corrected chi connectivity index (χ4v) is 1.89. The Bertz CT molecular complexity index is 517. The van der Waals surface area contributed by atoms with Crippen molar-refractivity contribution in [3.63, 3.8) is 0 Å². The van der Waals surface area contributed by atoms with E-state index in [0.717, 1.165) is 22.6 Å². The number of carbonyl (C=O) groups is 1. The number of benzene rings is 1. The Morgan fingerprint density at radius 2 is 1.89 bits per heavy atom. The maximum absolute atomic E-state index is 11.7. The van der Waals surface area contributed by atoms with Crippen LogP contribution in [0.2, 0.25) is 0 Å². The van der Waals surface area contributed by atoms with Crippen LogP contribution in [0.4, 0.5) is 0 Å². The molecule has 0 aliphatic carbocycles. The first-order valence-electron chi connectivity index (χ1n) is 6.38. The molecule has 0 N–H and O–H groups in total. The molecule has 0 saturated heterocycles. The molecule has 1 aliphatic heterocycles. The van der Waals surface area contributed by atoms with Crippen molar-refractivity contribution < 1.29 is 19.0 Å². The molecule has 0 radical (unpaired) electrons. The van der Waals surface area contributed by atoms with Crippen molar-refractivity contribution in [2.45, 2.75) is 20.8 Å². The van der Waals surface area contributed by atoms with E-state index in [1.165, 1.54) is 0 Å². The van der Waals surface area contributed by atoms with Crippen LogP contribution in [0.3, 0.4) is 0 Å². The molecule has 1 heterocycles. The lowest BCUT2D eigenvalue weighted by atomic mass is 10.0. The molecule has 0 spiro atoms. The van der Waals surface area contributed by atoms with E-state index >= 15 is 0 Å². The van der Waals surface area contributed by atoms with Crippen molar-refractivity contribution in [1.29, 1.82) is 0 Å². The zero-order valence-electron chi connectivity index (χ0n) is 11.5. The number of hydrogen-bond donors (Lipinski definition) is 0. The van der Waals surface area contributed by atoms with Gasteiger partial charge in [-0.25, -0.2) is 4.79 Å². The Morgan fingerprint density at radius 3 is 2.58 bits per heavy atom. The Hall–Kier alpha value is -1.97. The monoisotopic (exact) mass is 262 g/mol. The van der Waals surface area contributed by atoms with Crippen LogP contribution in [0.5, 0.6) is 11.5 Å². The van der Waals surface area contributed by atoms with E-state index < -0.39 is 0 Å². The molecule has 0 atom stereocenters. The minimum Gasteiger partial charge on any atom is -0.486 e. The molecule has 0 saturated carbocycles. The first-order valence-corrected chi connectivity index (χ1v) is 6.38. The van der Waals surface area contributed by atoms with Crippen molar-refractivity contribution >= 4 is 11.5 Å². The summed E-state index contributed by atoms with van der Waals surface area (Å²) in [4.78, 5) is 11.7. The summed E-state index contributed by atoms with van der Waals surface area (Å²) in [6.07, 6.45) is 0. The lowest BCUT2D eigenvalue weighted by Crippen LogP contribution is -2.15. The molecule has 0 aromatic heterocycles. The van der Waals surface area contributed by atoms with E-state index in [4.69, 9.17) is 14.2 Å². The van der Waals surface area contributed by atoms with Crippen molar-refractivity contribution in [2.24, 2.45) is 0 Å². The second-order valence-electron chi connectivity index (χ2n) is 4.33. The molecule has 1 aromatic carbocycles. The molecule has 0 fully saturated rings. The van der Waals surface area contributed by atoms with Crippen LogP contribution in [0.25, 0.3) is 5.57 Å². The maximum atomic E-state index is 11.7. The van der Waals surface area contributed by atoms with Crippen molar-refractivity contribution in [3.8, 4) is 11.5 Å². The van der Waals surface area contributed by atoms with Crippen LogP contribution in [0, 0.1) is 0 Å². The summed E-state index contributed by atoms with van der Waals surface area (Å²) in [6, 6.07) is 5.68. The molecule has 0 unspecified atom stereocenters. The first-order chi connectivity index (χ1) is 9.13. The molecule has 2 rings (SSSR count). The minimum atomic E-state index is -0.283. The molecular formula is C15H18O4. The molecule has 0 amide bonds. The van der Waals surface area contributed by atoms with Crippen molar-refractivity contribution in [3.05, 3.63) is 29.3 Å². The van der Waals surface area contributed by atoms with Gasteiger partial charge in [-0.3, -0.25) is 0 Å². The van der Waals surface area contributed by atoms with Gasteiger partial charge < -0.3 is 14.2 Å². The predicted molar refractivity (Wildman–Crippen MR) is 72.3 cm³/mol. The van der Waals surface area contributed by atoms with E-state index in [0.29, 0.717) is 25.4 Å². The second kappa shape index (κ2) is 5.78. The highest BCUT2D eigenvalue weighted by atomic mass is 16.6. The topological polar surface area (TPSA) is 44.8 Å². The Labute approximate surface area is 113 Å². The number of fused-ring (bicyclic) bond motifs is 1. The average molecular weight is 262 g/mol. The van der Waals surface area contributed by atoms with E-state index in [1.807, 2.05) is 25.1 Å². The van der Waals surface area contributed by atoms with Gasteiger partial charge >= 0.3 is 5.97 Å².